The van der Waals surface area contributed by atoms with Gasteiger partial charge in [-0.3, -0.25) is 30.2 Å². The molecule has 0 bridgehead atoms. The van der Waals surface area contributed by atoms with Crippen LogP contribution in [0.2, 0.25) is 0 Å². The molecule has 0 spiro atoms. The Morgan fingerprint density at radius 2 is 1.66 bits per heavy atom. The second-order valence-corrected chi connectivity index (χ2v) is 7.03. The van der Waals surface area contributed by atoms with E-state index in [2.05, 4.69) is 25.8 Å². The van der Waals surface area contributed by atoms with Gasteiger partial charge in [-0.25, -0.2) is 13.8 Å². The maximum absolute atomic E-state index is 14.2. The fraction of sp³-hybridized carbons (Fsp3) is 0. The number of H-pyrrole nitrogens is 2. The van der Waals surface area contributed by atoms with Gasteiger partial charge in [0.15, 0.2) is 5.43 Å². The van der Waals surface area contributed by atoms with Crippen LogP contribution in [0.15, 0.2) is 64.2 Å². The fourth-order valence-electron chi connectivity index (χ4n) is 3.52. The maximum Gasteiger partial charge on any atom is 0.271 e. The van der Waals surface area contributed by atoms with Gasteiger partial charge >= 0.3 is 0 Å². The van der Waals surface area contributed by atoms with Crippen molar-refractivity contribution in [1.29, 1.82) is 0 Å². The highest BCUT2D eigenvalue weighted by atomic mass is 19.1. The first-order chi connectivity index (χ1) is 15.4. The second-order valence-electron chi connectivity index (χ2n) is 7.03. The highest BCUT2D eigenvalue weighted by molar-refractivity contribution is 6.08. The van der Waals surface area contributed by atoms with Gasteiger partial charge in [-0.1, -0.05) is 12.1 Å². The predicted molar refractivity (Wildman–Crippen MR) is 115 cm³/mol. The molecule has 0 fully saturated rings. The number of fused-ring (bicyclic) bond motifs is 3. The molecule has 5 aromatic rings. The lowest BCUT2D eigenvalue weighted by Crippen LogP contribution is -2.32. The molecule has 0 aliphatic rings. The van der Waals surface area contributed by atoms with Crippen molar-refractivity contribution < 1.29 is 13.6 Å². The largest absolute Gasteiger partial charge is 0.354 e. The van der Waals surface area contributed by atoms with Crippen LogP contribution in [0.25, 0.3) is 32.7 Å². The Labute approximate surface area is 176 Å². The summed E-state index contributed by atoms with van der Waals surface area (Å²) in [6.07, 6.45) is 0. The summed E-state index contributed by atoms with van der Waals surface area (Å²) >= 11 is 0. The van der Waals surface area contributed by atoms with Crippen molar-refractivity contribution in [1.82, 2.24) is 20.4 Å². The van der Waals surface area contributed by atoms with E-state index in [1.54, 1.807) is 24.3 Å². The number of pyridine rings is 1. The Kier molecular flexibility index (Phi) is 4.40. The first-order valence-electron chi connectivity index (χ1n) is 9.41. The zero-order valence-electron chi connectivity index (χ0n) is 16.1. The third kappa shape index (κ3) is 3.23. The average Bonchev–Trinajstić information content (AvgIpc) is 2.78. The number of nitrogens with one attached hydrogen (secondary N) is 4. The number of carbonyl (C=O) groups excluding carboxylic acids is 1. The summed E-state index contributed by atoms with van der Waals surface area (Å²) in [5, 5.41) is 0.303. The number of aromatic amines is 2. The highest BCUT2D eigenvalue weighted by Crippen LogP contribution is 2.21. The van der Waals surface area contributed by atoms with Gasteiger partial charge in [0.2, 0.25) is 5.95 Å². The summed E-state index contributed by atoms with van der Waals surface area (Å²) in [4.78, 5) is 47.3. The summed E-state index contributed by atoms with van der Waals surface area (Å²) < 4.78 is 27.8. The molecule has 0 radical (unpaired) electrons. The number of hydrazine groups is 1. The Balaban J connectivity index is 1.55. The molecule has 2 aromatic heterocycles. The summed E-state index contributed by atoms with van der Waals surface area (Å²) in [5.41, 5.74) is 4.41. The van der Waals surface area contributed by atoms with Gasteiger partial charge in [-0.2, -0.15) is 0 Å². The quantitative estimate of drug-likeness (QED) is 0.258. The second kappa shape index (κ2) is 7.27. The minimum atomic E-state index is -0.818. The molecule has 2 heterocycles. The first-order valence-corrected chi connectivity index (χ1v) is 9.41. The first kappa shape index (κ1) is 19.4. The monoisotopic (exact) mass is 433 g/mol. The molecule has 0 unspecified atom stereocenters. The van der Waals surface area contributed by atoms with Crippen molar-refractivity contribution >= 4 is 44.6 Å². The molecule has 1 amide bonds. The molecular weight excluding hydrogens is 420 g/mol. The number of carbonyl (C=O) groups is 1. The number of hydrogen-bond donors (Lipinski definition) is 4. The third-order valence-electron chi connectivity index (χ3n) is 4.99. The van der Waals surface area contributed by atoms with Crippen molar-refractivity contribution in [3.63, 3.8) is 0 Å². The summed E-state index contributed by atoms with van der Waals surface area (Å²) in [5.74, 6) is -2.25. The topological polar surface area (TPSA) is 120 Å². The molecule has 32 heavy (non-hydrogen) atoms. The lowest BCUT2D eigenvalue weighted by Gasteiger charge is -2.11. The molecule has 10 heteroatoms. The van der Waals surface area contributed by atoms with E-state index >= 15 is 0 Å². The zero-order chi connectivity index (χ0) is 22.4. The minimum Gasteiger partial charge on any atom is -0.354 e. The standard InChI is InChI=1S/C22H13F2N5O3/c23-10-5-6-17-13(7-10)19(30)14-8-11(24)9-15(18(14)25-17)21(32)28-29-22-26-16-4-2-1-3-12(16)20(31)27-22/h1-9H,(H,25,30)(H,28,32)(H2,26,27,29,31). The molecule has 0 aliphatic heterocycles. The van der Waals surface area contributed by atoms with Gasteiger partial charge in [0.25, 0.3) is 11.5 Å². The molecule has 0 atom stereocenters. The summed E-state index contributed by atoms with van der Waals surface area (Å²) in [6.45, 7) is 0. The van der Waals surface area contributed by atoms with E-state index in [4.69, 9.17) is 0 Å². The Morgan fingerprint density at radius 1 is 0.875 bits per heavy atom. The lowest BCUT2D eigenvalue weighted by molar-refractivity contribution is 0.0963. The van der Waals surface area contributed by atoms with Crippen LogP contribution >= 0.6 is 0 Å². The Bertz CT molecular complexity index is 1680. The van der Waals surface area contributed by atoms with Crippen LogP contribution in [-0.4, -0.2) is 20.9 Å². The molecule has 0 saturated heterocycles. The number of rotatable bonds is 3. The van der Waals surface area contributed by atoms with Crippen molar-refractivity contribution in [2.75, 3.05) is 5.43 Å². The van der Waals surface area contributed by atoms with Crippen LogP contribution < -0.4 is 21.8 Å². The van der Waals surface area contributed by atoms with Gasteiger partial charge < -0.3 is 4.98 Å². The van der Waals surface area contributed by atoms with Gasteiger partial charge in [0.1, 0.15) is 11.6 Å². The lowest BCUT2D eigenvalue weighted by atomic mass is 10.1. The number of anilines is 1. The smallest absolute Gasteiger partial charge is 0.271 e. The molecule has 4 N–H and O–H groups in total. The van der Waals surface area contributed by atoms with Crippen LogP contribution in [0.3, 0.4) is 0 Å². The number of amides is 1. The number of hydrogen-bond acceptors (Lipinski definition) is 5. The number of para-hydroxylation sites is 1. The molecule has 158 valence electrons. The van der Waals surface area contributed by atoms with E-state index in [0.717, 1.165) is 24.3 Å². The van der Waals surface area contributed by atoms with Crippen molar-refractivity contribution in [3.8, 4) is 0 Å². The zero-order valence-corrected chi connectivity index (χ0v) is 16.1. The van der Waals surface area contributed by atoms with Gasteiger partial charge in [0, 0.05) is 16.3 Å². The van der Waals surface area contributed by atoms with E-state index in [1.165, 1.54) is 6.07 Å². The van der Waals surface area contributed by atoms with Gasteiger partial charge in [-0.15, -0.1) is 0 Å². The van der Waals surface area contributed by atoms with E-state index in [1.807, 2.05) is 0 Å². The van der Waals surface area contributed by atoms with Crippen molar-refractivity contribution in [3.05, 3.63) is 92.4 Å². The van der Waals surface area contributed by atoms with E-state index < -0.39 is 28.5 Å². The van der Waals surface area contributed by atoms with Crippen molar-refractivity contribution in [2.45, 2.75) is 0 Å². The number of aromatic nitrogens is 3. The van der Waals surface area contributed by atoms with E-state index in [-0.39, 0.29) is 33.3 Å². The molecule has 5 rings (SSSR count). The number of benzene rings is 3. The molecular formula is C22H13F2N5O3. The SMILES string of the molecule is O=C(NNc1nc2ccccc2c(=O)[nH]1)c1cc(F)cc2c(=O)c3cc(F)ccc3[nH]c12. The van der Waals surface area contributed by atoms with Crippen LogP contribution in [0, 0.1) is 11.6 Å². The highest BCUT2D eigenvalue weighted by Gasteiger charge is 2.17. The average molecular weight is 433 g/mol. The van der Waals surface area contributed by atoms with Gasteiger partial charge in [0.05, 0.1) is 22.0 Å². The molecule has 0 saturated carbocycles. The third-order valence-corrected chi connectivity index (χ3v) is 4.99. The summed E-state index contributed by atoms with van der Waals surface area (Å²) in [7, 11) is 0. The predicted octanol–water partition coefficient (Wildman–Crippen LogP) is 2.95. The van der Waals surface area contributed by atoms with Crippen LogP contribution in [0.5, 0.6) is 0 Å². The van der Waals surface area contributed by atoms with Gasteiger partial charge in [-0.05, 0) is 42.5 Å². The maximum atomic E-state index is 14.2. The fourth-order valence-corrected chi connectivity index (χ4v) is 3.52. The number of nitrogens with zero attached hydrogens (tertiary/aromatic N) is 1. The van der Waals surface area contributed by atoms with E-state index in [0.29, 0.717) is 10.9 Å². The normalized spacial score (nSPS) is 11.2. The van der Waals surface area contributed by atoms with Crippen LogP contribution in [0.1, 0.15) is 10.4 Å². The Morgan fingerprint density at radius 3 is 2.50 bits per heavy atom. The number of halogens is 2. The van der Waals surface area contributed by atoms with Crippen molar-refractivity contribution in [2.24, 2.45) is 0 Å². The van der Waals surface area contributed by atoms with E-state index in [9.17, 15) is 23.2 Å². The molecule has 8 nitrogen and oxygen atoms in total. The minimum absolute atomic E-state index is 0.0304. The summed E-state index contributed by atoms with van der Waals surface area (Å²) in [6, 6.07) is 12.2. The molecule has 0 aliphatic carbocycles. The van der Waals surface area contributed by atoms with Crippen LogP contribution in [0.4, 0.5) is 14.7 Å². The van der Waals surface area contributed by atoms with Crippen LogP contribution in [-0.2, 0) is 0 Å². The Hall–Kier alpha value is -4.60. The molecule has 3 aromatic carbocycles.